The summed E-state index contributed by atoms with van der Waals surface area (Å²) in [7, 11) is 2.11. The number of hydrogen-bond donors (Lipinski definition) is 1. The third-order valence-corrected chi connectivity index (χ3v) is 2.96. The van der Waals surface area contributed by atoms with Crippen LogP contribution in [0, 0.1) is 0 Å². The molecule has 0 fully saturated rings. The van der Waals surface area contributed by atoms with Crippen molar-refractivity contribution in [1.82, 2.24) is 4.90 Å². The van der Waals surface area contributed by atoms with E-state index in [1.165, 1.54) is 5.56 Å². The van der Waals surface area contributed by atoms with Crippen molar-refractivity contribution in [3.8, 4) is 0 Å². The molecule has 0 amide bonds. The minimum Gasteiger partial charge on any atom is -0.411 e. The number of hydrogen-bond acceptors (Lipinski definition) is 4. The van der Waals surface area contributed by atoms with Crippen LogP contribution in [-0.2, 0) is 11.3 Å². The topological polar surface area (TPSA) is 52.9 Å². The molecule has 0 aromatic heterocycles. The third kappa shape index (κ3) is 7.36. The van der Waals surface area contributed by atoms with E-state index in [-0.39, 0.29) is 5.78 Å². The minimum atomic E-state index is -0.111. The second-order valence-corrected chi connectivity index (χ2v) is 4.74. The lowest BCUT2D eigenvalue weighted by atomic mass is 10.1. The summed E-state index contributed by atoms with van der Waals surface area (Å²) in [6.07, 6.45) is 4.38. The number of carbonyl (C=O) groups is 1. The highest BCUT2D eigenvalue weighted by molar-refractivity contribution is 6.27. The van der Waals surface area contributed by atoms with E-state index in [0.29, 0.717) is 6.42 Å². The highest BCUT2D eigenvalue weighted by Gasteiger charge is 2.01. The molecule has 0 saturated carbocycles. The number of nitrogens with zero attached hydrogens (tertiary/aromatic N) is 2. The molecule has 1 N–H and O–H groups in total. The van der Waals surface area contributed by atoms with E-state index in [0.717, 1.165) is 38.6 Å². The summed E-state index contributed by atoms with van der Waals surface area (Å²) < 4.78 is 0. The molecule has 1 aromatic rings. The number of oxime groups is 1. The fourth-order valence-electron chi connectivity index (χ4n) is 1.96. The molecule has 0 aliphatic carbocycles. The molecule has 0 bridgehead atoms. The first-order valence-electron chi connectivity index (χ1n) is 6.65. The molecule has 0 spiro atoms. The van der Waals surface area contributed by atoms with Gasteiger partial charge in [0.15, 0.2) is 5.78 Å². The van der Waals surface area contributed by atoms with Crippen molar-refractivity contribution in [1.29, 1.82) is 0 Å². The average Bonchev–Trinajstić information content (AvgIpc) is 2.40. The normalized spacial score (nSPS) is 11.3. The van der Waals surface area contributed by atoms with Crippen molar-refractivity contribution >= 4 is 12.0 Å². The largest absolute Gasteiger partial charge is 0.411 e. The van der Waals surface area contributed by atoms with E-state index in [1.807, 2.05) is 6.07 Å². The molecule has 104 valence electrons. The molecule has 0 aliphatic rings. The molecule has 4 nitrogen and oxygen atoms in total. The molecular weight excluding hydrogens is 240 g/mol. The molecule has 1 rings (SSSR count). The van der Waals surface area contributed by atoms with Crippen LogP contribution in [0.25, 0.3) is 0 Å². The number of rotatable bonds is 9. The fourth-order valence-corrected chi connectivity index (χ4v) is 1.96. The number of unbranched alkanes of at least 4 members (excludes halogenated alkanes) is 2. The monoisotopic (exact) mass is 262 g/mol. The molecule has 0 unspecified atom stereocenters. The van der Waals surface area contributed by atoms with Gasteiger partial charge < -0.3 is 10.1 Å². The Kier molecular flexibility index (Phi) is 7.51. The van der Waals surface area contributed by atoms with Gasteiger partial charge in [-0.15, -0.1) is 0 Å². The number of benzene rings is 1. The maximum absolute atomic E-state index is 11.1. The van der Waals surface area contributed by atoms with Crippen molar-refractivity contribution in [3.05, 3.63) is 35.9 Å². The van der Waals surface area contributed by atoms with Crippen molar-refractivity contribution in [2.45, 2.75) is 32.2 Å². The van der Waals surface area contributed by atoms with Crippen LogP contribution in [0.4, 0.5) is 0 Å². The van der Waals surface area contributed by atoms with Gasteiger partial charge in [-0.3, -0.25) is 4.79 Å². The molecule has 0 radical (unpaired) electrons. The molecular formula is C15H22N2O2. The molecule has 4 heteroatoms. The van der Waals surface area contributed by atoms with Crippen LogP contribution in [0.1, 0.15) is 31.2 Å². The Morgan fingerprint density at radius 3 is 2.68 bits per heavy atom. The molecule has 0 heterocycles. The van der Waals surface area contributed by atoms with Crippen molar-refractivity contribution in [2.75, 3.05) is 13.6 Å². The SMILES string of the molecule is CN(CCCCCC(=O)C=NO)Cc1ccccc1. The van der Waals surface area contributed by atoms with Crippen molar-refractivity contribution in [2.24, 2.45) is 5.16 Å². The zero-order valence-corrected chi connectivity index (χ0v) is 11.5. The molecule has 0 saturated heterocycles. The van der Waals surface area contributed by atoms with E-state index in [2.05, 4.69) is 41.4 Å². The van der Waals surface area contributed by atoms with Gasteiger partial charge in [0.05, 0.1) is 0 Å². The first-order chi connectivity index (χ1) is 9.22. The third-order valence-electron chi connectivity index (χ3n) is 2.96. The molecule has 19 heavy (non-hydrogen) atoms. The first kappa shape index (κ1) is 15.4. The lowest BCUT2D eigenvalue weighted by Gasteiger charge is -2.16. The van der Waals surface area contributed by atoms with Gasteiger partial charge >= 0.3 is 0 Å². The summed E-state index contributed by atoms with van der Waals surface area (Å²) in [4.78, 5) is 13.3. The Morgan fingerprint density at radius 1 is 1.26 bits per heavy atom. The summed E-state index contributed by atoms with van der Waals surface area (Å²) in [6, 6.07) is 10.4. The maximum atomic E-state index is 11.1. The van der Waals surface area contributed by atoms with E-state index in [4.69, 9.17) is 5.21 Å². The fraction of sp³-hybridized carbons (Fsp3) is 0.467. The van der Waals surface area contributed by atoms with Gasteiger partial charge in [0.1, 0.15) is 6.21 Å². The van der Waals surface area contributed by atoms with E-state index in [1.54, 1.807) is 0 Å². The van der Waals surface area contributed by atoms with Gasteiger partial charge in [0.25, 0.3) is 0 Å². The Morgan fingerprint density at radius 2 is 2.00 bits per heavy atom. The summed E-state index contributed by atoms with van der Waals surface area (Å²) in [5.74, 6) is -0.111. The van der Waals surface area contributed by atoms with Crippen LogP contribution >= 0.6 is 0 Å². The molecule has 1 aromatic carbocycles. The zero-order valence-electron chi connectivity index (χ0n) is 11.5. The Hall–Kier alpha value is -1.68. The standard InChI is InChI=1S/C15H22N2O2/c1-17(13-14-8-4-2-5-9-14)11-7-3-6-10-15(18)12-16-19/h2,4-5,8-9,12,19H,3,6-7,10-11,13H2,1H3. The van der Waals surface area contributed by atoms with Crippen molar-refractivity contribution in [3.63, 3.8) is 0 Å². The van der Waals surface area contributed by atoms with Crippen LogP contribution in [0.5, 0.6) is 0 Å². The predicted octanol–water partition coefficient (Wildman–Crippen LogP) is 2.71. The molecule has 0 atom stereocenters. The number of ketones is 1. The van der Waals surface area contributed by atoms with Crippen LogP contribution < -0.4 is 0 Å². The van der Waals surface area contributed by atoms with Crippen LogP contribution in [-0.4, -0.2) is 35.7 Å². The minimum absolute atomic E-state index is 0.111. The van der Waals surface area contributed by atoms with Crippen molar-refractivity contribution < 1.29 is 10.0 Å². The molecule has 0 aliphatic heterocycles. The van der Waals surface area contributed by atoms with Crippen LogP contribution in [0.15, 0.2) is 35.5 Å². The summed E-state index contributed by atoms with van der Waals surface area (Å²) in [5, 5.41) is 10.9. The van der Waals surface area contributed by atoms with Gasteiger partial charge in [-0.2, -0.15) is 0 Å². The summed E-state index contributed by atoms with van der Waals surface area (Å²) >= 11 is 0. The summed E-state index contributed by atoms with van der Waals surface area (Å²) in [6.45, 7) is 1.98. The highest BCUT2D eigenvalue weighted by Crippen LogP contribution is 2.05. The predicted molar refractivity (Wildman–Crippen MR) is 76.5 cm³/mol. The highest BCUT2D eigenvalue weighted by atomic mass is 16.4. The Bertz CT molecular complexity index is 390. The number of carbonyl (C=O) groups excluding carboxylic acids is 1. The zero-order chi connectivity index (χ0) is 13.9. The second kappa shape index (κ2) is 9.28. The quantitative estimate of drug-likeness (QED) is 0.322. The average molecular weight is 262 g/mol. The van der Waals surface area contributed by atoms with Gasteiger partial charge in [-0.25, -0.2) is 0 Å². The summed E-state index contributed by atoms with van der Waals surface area (Å²) in [5.41, 5.74) is 1.32. The van der Waals surface area contributed by atoms with Gasteiger partial charge in [-0.05, 0) is 32.0 Å². The van der Waals surface area contributed by atoms with Gasteiger partial charge in [0.2, 0.25) is 0 Å². The second-order valence-electron chi connectivity index (χ2n) is 4.74. The van der Waals surface area contributed by atoms with E-state index in [9.17, 15) is 4.79 Å². The van der Waals surface area contributed by atoms with Gasteiger partial charge in [-0.1, -0.05) is 41.9 Å². The lowest BCUT2D eigenvalue weighted by molar-refractivity contribution is -0.112. The Balaban J connectivity index is 2.08. The maximum Gasteiger partial charge on any atom is 0.177 e. The van der Waals surface area contributed by atoms with Gasteiger partial charge in [0, 0.05) is 13.0 Å². The first-order valence-corrected chi connectivity index (χ1v) is 6.65. The van der Waals surface area contributed by atoms with E-state index >= 15 is 0 Å². The number of Topliss-reactive ketones (excluding diaryl/α,β-unsaturated/α-hetero) is 1. The Labute approximate surface area is 114 Å². The van der Waals surface area contributed by atoms with Crippen LogP contribution in [0.3, 0.4) is 0 Å². The lowest BCUT2D eigenvalue weighted by Crippen LogP contribution is -2.19. The smallest absolute Gasteiger partial charge is 0.177 e. The van der Waals surface area contributed by atoms with E-state index < -0.39 is 0 Å². The van der Waals surface area contributed by atoms with Crippen LogP contribution in [0.2, 0.25) is 0 Å².